The Kier molecular flexibility index (Phi) is 6.86. The number of carbonyl (C=O) groups is 1. The largest absolute Gasteiger partial charge is 0.465 e. The molecule has 4 aromatic rings. The molecule has 8 rings (SSSR count). The highest BCUT2D eigenvalue weighted by Crippen LogP contribution is 2.42. The van der Waals surface area contributed by atoms with Crippen LogP contribution in [0.15, 0.2) is 60.9 Å². The van der Waals surface area contributed by atoms with Crippen molar-refractivity contribution in [2.45, 2.75) is 43.8 Å². The number of nitrogens with two attached hydrogens (primary N) is 1. The molecule has 0 radical (unpaired) electrons. The highest BCUT2D eigenvalue weighted by molar-refractivity contribution is 5.98. The minimum Gasteiger partial charge on any atom is -0.465 e. The molecule has 1 aliphatic carbocycles. The monoisotopic (exact) mass is 594 g/mol. The number of anilines is 1. The van der Waals surface area contributed by atoms with Gasteiger partial charge in [0.05, 0.1) is 11.4 Å². The molecule has 2 aromatic carbocycles. The highest BCUT2D eigenvalue weighted by atomic mass is 16.5. The molecule has 11 heteroatoms. The summed E-state index contributed by atoms with van der Waals surface area (Å²) in [6.07, 6.45) is 5.09. The average molecular weight is 595 g/mol. The van der Waals surface area contributed by atoms with E-state index in [1.807, 2.05) is 54.6 Å². The minimum atomic E-state index is -0.762. The molecule has 228 valence electrons. The number of nitrogens with zero attached hydrogens (tertiary/aromatic N) is 7. The van der Waals surface area contributed by atoms with Crippen LogP contribution in [0.1, 0.15) is 31.7 Å². The molecular weight excluding hydrogens is 556 g/mol. The van der Waals surface area contributed by atoms with Crippen molar-refractivity contribution in [2.24, 2.45) is 11.8 Å². The number of likely N-dealkylation sites (tertiary alicyclic amines) is 3. The fourth-order valence-corrected chi connectivity index (χ4v) is 7.99. The van der Waals surface area contributed by atoms with Crippen molar-refractivity contribution in [3.63, 3.8) is 0 Å². The standard InChI is InChI=1S/C33H38N8O3/c34-31-29-30(21-6-8-28(9-7-21)44-27-4-2-1-3-5-27)37-41(32(29)36-20-35-31)24-10-12-38(13-11-24)26-18-39(19-26)25-14-22-16-40(33(42)43)17-23(22)15-25/h1-9,20,22-26H,10-19H2,(H,42,43)(H2,34,35,36)/t22-,23+,25?. The second-order valence-electron chi connectivity index (χ2n) is 12.9. The Hall–Kier alpha value is -4.22. The molecule has 3 saturated heterocycles. The SMILES string of the molecule is Nc1ncnc2c1c(-c1ccc(Oc3ccccc3)cc1)nn2C1CCN(C2CN(C3C[C@@H]4CN(C(=O)O)C[C@@H]4C3)C2)CC1. The Balaban J connectivity index is 0.911. The summed E-state index contributed by atoms with van der Waals surface area (Å²) < 4.78 is 8.07. The van der Waals surface area contributed by atoms with E-state index in [0.717, 1.165) is 98.7 Å². The van der Waals surface area contributed by atoms with Gasteiger partial charge < -0.3 is 20.5 Å². The maximum atomic E-state index is 11.3. The summed E-state index contributed by atoms with van der Waals surface area (Å²) in [5.41, 5.74) is 8.94. The van der Waals surface area contributed by atoms with Crippen molar-refractivity contribution < 1.29 is 14.6 Å². The lowest BCUT2D eigenvalue weighted by molar-refractivity contribution is -0.0103. The predicted molar refractivity (Wildman–Crippen MR) is 166 cm³/mol. The number of ether oxygens (including phenoxy) is 1. The van der Waals surface area contributed by atoms with Crippen LogP contribution in [0.25, 0.3) is 22.3 Å². The quantitative estimate of drug-likeness (QED) is 0.330. The molecule has 1 saturated carbocycles. The number of piperidine rings is 1. The Morgan fingerprint density at radius 3 is 2.18 bits per heavy atom. The molecule has 3 atom stereocenters. The molecule has 1 amide bonds. The summed E-state index contributed by atoms with van der Waals surface area (Å²) in [5.74, 6) is 3.08. The molecule has 5 heterocycles. The first-order valence-corrected chi connectivity index (χ1v) is 15.8. The Morgan fingerprint density at radius 1 is 0.818 bits per heavy atom. The van der Waals surface area contributed by atoms with E-state index in [1.165, 1.54) is 6.33 Å². The fraction of sp³-hybridized carbons (Fsp3) is 0.455. The van der Waals surface area contributed by atoms with Gasteiger partial charge >= 0.3 is 6.09 Å². The maximum Gasteiger partial charge on any atom is 0.407 e. The van der Waals surface area contributed by atoms with Crippen LogP contribution in [0.2, 0.25) is 0 Å². The van der Waals surface area contributed by atoms with E-state index in [2.05, 4.69) is 24.4 Å². The molecule has 4 aliphatic rings. The number of fused-ring (bicyclic) bond motifs is 2. The topological polar surface area (TPSA) is 126 Å². The Morgan fingerprint density at radius 2 is 1.50 bits per heavy atom. The van der Waals surface area contributed by atoms with Gasteiger partial charge in [-0.2, -0.15) is 5.10 Å². The molecular formula is C33H38N8O3. The van der Waals surface area contributed by atoms with Gasteiger partial charge in [-0.3, -0.25) is 9.80 Å². The summed E-state index contributed by atoms with van der Waals surface area (Å²) in [7, 11) is 0. The molecule has 4 fully saturated rings. The third-order valence-electron chi connectivity index (χ3n) is 10.4. The van der Waals surface area contributed by atoms with Gasteiger partial charge in [-0.1, -0.05) is 18.2 Å². The maximum absolute atomic E-state index is 11.3. The first kappa shape index (κ1) is 27.3. The number of para-hydroxylation sites is 1. The third kappa shape index (κ3) is 4.93. The Bertz CT molecular complexity index is 1630. The third-order valence-corrected chi connectivity index (χ3v) is 10.4. The van der Waals surface area contributed by atoms with Gasteiger partial charge in [0.15, 0.2) is 5.65 Å². The number of hydrogen-bond donors (Lipinski definition) is 2. The van der Waals surface area contributed by atoms with E-state index in [4.69, 9.17) is 15.6 Å². The van der Waals surface area contributed by atoms with E-state index in [0.29, 0.717) is 29.7 Å². The van der Waals surface area contributed by atoms with Crippen LogP contribution < -0.4 is 10.5 Å². The van der Waals surface area contributed by atoms with Gasteiger partial charge in [0.25, 0.3) is 0 Å². The fourth-order valence-electron chi connectivity index (χ4n) is 7.99. The summed E-state index contributed by atoms with van der Waals surface area (Å²) >= 11 is 0. The van der Waals surface area contributed by atoms with E-state index in [1.54, 1.807) is 4.90 Å². The van der Waals surface area contributed by atoms with Crippen LogP contribution in [0.3, 0.4) is 0 Å². The number of aromatic nitrogens is 4. The van der Waals surface area contributed by atoms with Crippen LogP contribution in [0.5, 0.6) is 11.5 Å². The first-order valence-electron chi connectivity index (χ1n) is 15.8. The summed E-state index contributed by atoms with van der Waals surface area (Å²) in [5, 5.41) is 15.2. The summed E-state index contributed by atoms with van der Waals surface area (Å²) in [4.78, 5) is 27.2. The van der Waals surface area contributed by atoms with Crippen molar-refractivity contribution in [3.8, 4) is 22.8 Å². The van der Waals surface area contributed by atoms with E-state index < -0.39 is 6.09 Å². The van der Waals surface area contributed by atoms with Gasteiger partial charge in [0.2, 0.25) is 0 Å². The lowest BCUT2D eigenvalue weighted by atomic mass is 9.97. The van der Waals surface area contributed by atoms with Gasteiger partial charge in [0.1, 0.15) is 29.3 Å². The molecule has 11 nitrogen and oxygen atoms in total. The summed E-state index contributed by atoms with van der Waals surface area (Å²) in [6, 6.07) is 19.2. The molecule has 0 bridgehead atoms. The highest BCUT2D eigenvalue weighted by Gasteiger charge is 2.47. The molecule has 44 heavy (non-hydrogen) atoms. The van der Waals surface area contributed by atoms with Crippen molar-refractivity contribution in [1.29, 1.82) is 0 Å². The summed E-state index contributed by atoms with van der Waals surface area (Å²) in [6.45, 7) is 5.76. The van der Waals surface area contributed by atoms with Gasteiger partial charge in [-0.15, -0.1) is 0 Å². The van der Waals surface area contributed by atoms with E-state index in [9.17, 15) is 9.90 Å². The van der Waals surface area contributed by atoms with Crippen LogP contribution in [-0.4, -0.2) is 97.0 Å². The number of nitrogen functional groups attached to an aromatic ring is 1. The molecule has 1 unspecified atom stereocenters. The van der Waals surface area contributed by atoms with Crippen molar-refractivity contribution in [3.05, 3.63) is 60.9 Å². The van der Waals surface area contributed by atoms with Gasteiger partial charge in [0, 0.05) is 56.9 Å². The van der Waals surface area contributed by atoms with Crippen molar-refractivity contribution >= 4 is 22.9 Å². The lowest BCUT2D eigenvalue weighted by Gasteiger charge is -2.50. The van der Waals surface area contributed by atoms with E-state index >= 15 is 0 Å². The Labute approximate surface area is 256 Å². The molecule has 3 N–H and O–H groups in total. The zero-order valence-corrected chi connectivity index (χ0v) is 24.7. The minimum absolute atomic E-state index is 0.250. The van der Waals surface area contributed by atoms with Crippen LogP contribution >= 0.6 is 0 Å². The van der Waals surface area contributed by atoms with E-state index in [-0.39, 0.29) is 6.04 Å². The predicted octanol–water partition coefficient (Wildman–Crippen LogP) is 4.58. The van der Waals surface area contributed by atoms with Crippen molar-refractivity contribution in [2.75, 3.05) is 45.0 Å². The van der Waals surface area contributed by atoms with Crippen LogP contribution in [-0.2, 0) is 0 Å². The second kappa shape index (κ2) is 11.0. The number of amides is 1. The van der Waals surface area contributed by atoms with Crippen LogP contribution in [0.4, 0.5) is 10.6 Å². The average Bonchev–Trinajstić information content (AvgIpc) is 3.71. The zero-order chi connectivity index (χ0) is 29.8. The first-order chi connectivity index (χ1) is 21.5. The lowest BCUT2D eigenvalue weighted by Crippen LogP contribution is -2.63. The number of carboxylic acid groups (broad SMARTS) is 1. The smallest absolute Gasteiger partial charge is 0.407 e. The number of rotatable bonds is 6. The zero-order valence-electron chi connectivity index (χ0n) is 24.7. The van der Waals surface area contributed by atoms with Crippen molar-refractivity contribution in [1.82, 2.24) is 34.4 Å². The molecule has 0 spiro atoms. The number of benzene rings is 2. The van der Waals surface area contributed by atoms with Gasteiger partial charge in [-0.05, 0) is 73.9 Å². The van der Waals surface area contributed by atoms with Gasteiger partial charge in [-0.25, -0.2) is 19.4 Å². The number of hydrogen-bond acceptors (Lipinski definition) is 8. The second-order valence-corrected chi connectivity index (χ2v) is 12.9. The molecule has 3 aliphatic heterocycles. The molecule has 2 aromatic heterocycles. The van der Waals surface area contributed by atoms with Crippen LogP contribution in [0, 0.1) is 11.8 Å². The normalized spacial score (nSPS) is 24.9.